The molecule has 16 heavy (non-hydrogen) atoms. The van der Waals surface area contributed by atoms with Crippen molar-refractivity contribution in [2.24, 2.45) is 0 Å². The summed E-state index contributed by atoms with van der Waals surface area (Å²) in [5.74, 6) is -0.0431. The van der Waals surface area contributed by atoms with E-state index in [1.807, 2.05) is 17.5 Å². The highest BCUT2D eigenvalue weighted by Crippen LogP contribution is 2.22. The summed E-state index contributed by atoms with van der Waals surface area (Å²) in [5, 5.41) is 5.62. The van der Waals surface area contributed by atoms with Crippen molar-refractivity contribution in [3.8, 4) is 10.6 Å². The largest absolute Gasteiger partial charge is 0.351 e. The standard InChI is InChI=1S/C11H11N3OS/c1-8(15)13-6-10-7-16-11(14-10)9-2-4-12-5-3-9/h2-5,7H,6H2,1H3,(H,13,15). The van der Waals surface area contributed by atoms with E-state index >= 15 is 0 Å². The van der Waals surface area contributed by atoms with Gasteiger partial charge < -0.3 is 5.32 Å². The zero-order valence-electron chi connectivity index (χ0n) is 8.80. The highest BCUT2D eigenvalue weighted by molar-refractivity contribution is 7.13. The molecule has 0 bridgehead atoms. The second-order valence-electron chi connectivity index (χ2n) is 3.29. The predicted molar refractivity (Wildman–Crippen MR) is 62.9 cm³/mol. The molecule has 0 fully saturated rings. The SMILES string of the molecule is CC(=O)NCc1csc(-c2ccncc2)n1. The fraction of sp³-hybridized carbons (Fsp3) is 0.182. The maximum Gasteiger partial charge on any atom is 0.217 e. The zero-order valence-corrected chi connectivity index (χ0v) is 9.62. The van der Waals surface area contributed by atoms with Crippen LogP contribution in [0.3, 0.4) is 0 Å². The molecule has 0 aliphatic heterocycles. The summed E-state index contributed by atoms with van der Waals surface area (Å²) in [6.07, 6.45) is 3.48. The number of amides is 1. The van der Waals surface area contributed by atoms with E-state index in [4.69, 9.17) is 0 Å². The van der Waals surface area contributed by atoms with E-state index in [1.165, 1.54) is 6.92 Å². The number of nitrogens with one attached hydrogen (secondary N) is 1. The van der Waals surface area contributed by atoms with Gasteiger partial charge in [-0.05, 0) is 12.1 Å². The molecule has 4 nitrogen and oxygen atoms in total. The first-order chi connectivity index (χ1) is 7.75. The van der Waals surface area contributed by atoms with Crippen LogP contribution in [0.1, 0.15) is 12.6 Å². The highest BCUT2D eigenvalue weighted by Gasteiger charge is 2.04. The fourth-order valence-electron chi connectivity index (χ4n) is 1.23. The second-order valence-corrected chi connectivity index (χ2v) is 4.15. The monoisotopic (exact) mass is 233 g/mol. The molecule has 5 heteroatoms. The van der Waals surface area contributed by atoms with Gasteiger partial charge in [-0.15, -0.1) is 11.3 Å². The van der Waals surface area contributed by atoms with Gasteiger partial charge in [-0.2, -0.15) is 0 Å². The van der Waals surface area contributed by atoms with Gasteiger partial charge in [0, 0.05) is 30.3 Å². The molecule has 2 aromatic heterocycles. The van der Waals surface area contributed by atoms with Crippen LogP contribution >= 0.6 is 11.3 Å². The maximum atomic E-state index is 10.8. The quantitative estimate of drug-likeness (QED) is 0.880. The van der Waals surface area contributed by atoms with Gasteiger partial charge in [0.1, 0.15) is 5.01 Å². The first kappa shape index (κ1) is 10.8. The Morgan fingerprint density at radius 3 is 2.88 bits per heavy atom. The third kappa shape index (κ3) is 2.64. The Bertz CT molecular complexity index is 481. The van der Waals surface area contributed by atoms with E-state index in [1.54, 1.807) is 23.7 Å². The predicted octanol–water partition coefficient (Wildman–Crippen LogP) is 1.84. The molecular weight excluding hydrogens is 222 g/mol. The molecule has 1 N–H and O–H groups in total. The van der Waals surface area contributed by atoms with Crippen LogP contribution in [0.2, 0.25) is 0 Å². The van der Waals surface area contributed by atoms with Crippen LogP contribution in [-0.2, 0) is 11.3 Å². The zero-order chi connectivity index (χ0) is 11.4. The van der Waals surface area contributed by atoms with E-state index < -0.39 is 0 Å². The first-order valence-corrected chi connectivity index (χ1v) is 5.73. The Morgan fingerprint density at radius 2 is 2.19 bits per heavy atom. The van der Waals surface area contributed by atoms with Crippen molar-refractivity contribution < 1.29 is 4.79 Å². The van der Waals surface area contributed by atoms with Crippen molar-refractivity contribution in [3.05, 3.63) is 35.6 Å². The van der Waals surface area contributed by atoms with E-state index in [0.29, 0.717) is 6.54 Å². The average Bonchev–Trinajstić information content (AvgIpc) is 2.76. The molecule has 0 aromatic carbocycles. The molecule has 0 atom stereocenters. The average molecular weight is 233 g/mol. The fourth-order valence-corrected chi connectivity index (χ4v) is 2.06. The number of thiazole rings is 1. The van der Waals surface area contributed by atoms with Crippen molar-refractivity contribution in [2.45, 2.75) is 13.5 Å². The summed E-state index contributed by atoms with van der Waals surface area (Å²) in [5.41, 5.74) is 1.93. The lowest BCUT2D eigenvalue weighted by molar-refractivity contribution is -0.119. The van der Waals surface area contributed by atoms with Crippen LogP contribution in [0.4, 0.5) is 0 Å². The molecule has 2 heterocycles. The third-order valence-electron chi connectivity index (χ3n) is 2.00. The number of carbonyl (C=O) groups excluding carboxylic acids is 1. The number of rotatable bonds is 3. The highest BCUT2D eigenvalue weighted by atomic mass is 32.1. The van der Waals surface area contributed by atoms with E-state index in [-0.39, 0.29) is 5.91 Å². The molecule has 2 rings (SSSR count). The molecular formula is C11H11N3OS. The number of nitrogens with zero attached hydrogens (tertiary/aromatic N) is 2. The van der Waals surface area contributed by atoms with E-state index in [2.05, 4.69) is 15.3 Å². The van der Waals surface area contributed by atoms with Crippen molar-refractivity contribution in [3.63, 3.8) is 0 Å². The minimum Gasteiger partial charge on any atom is -0.351 e. The van der Waals surface area contributed by atoms with Crippen LogP contribution < -0.4 is 5.32 Å². The topological polar surface area (TPSA) is 54.9 Å². The van der Waals surface area contributed by atoms with Crippen molar-refractivity contribution in [1.29, 1.82) is 0 Å². The third-order valence-corrected chi connectivity index (χ3v) is 2.94. The molecule has 0 spiro atoms. The molecule has 0 saturated carbocycles. The Balaban J connectivity index is 2.11. The molecule has 0 aliphatic carbocycles. The number of hydrogen-bond acceptors (Lipinski definition) is 4. The number of carbonyl (C=O) groups is 1. The van der Waals surface area contributed by atoms with Gasteiger partial charge in [0.2, 0.25) is 5.91 Å². The van der Waals surface area contributed by atoms with Crippen molar-refractivity contribution >= 4 is 17.2 Å². The Hall–Kier alpha value is -1.75. The van der Waals surface area contributed by atoms with Crippen LogP contribution in [0.5, 0.6) is 0 Å². The summed E-state index contributed by atoms with van der Waals surface area (Å²) in [6.45, 7) is 1.98. The molecule has 1 amide bonds. The summed E-state index contributed by atoms with van der Waals surface area (Å²) in [6, 6.07) is 3.84. The van der Waals surface area contributed by atoms with Gasteiger partial charge in [0.05, 0.1) is 12.2 Å². The van der Waals surface area contributed by atoms with E-state index in [9.17, 15) is 4.79 Å². The van der Waals surface area contributed by atoms with Crippen LogP contribution in [0, 0.1) is 0 Å². The summed E-state index contributed by atoms with van der Waals surface area (Å²) in [7, 11) is 0. The Labute approximate surface area is 97.4 Å². The van der Waals surface area contributed by atoms with Gasteiger partial charge in [-0.3, -0.25) is 9.78 Å². The van der Waals surface area contributed by atoms with Crippen LogP contribution in [0.25, 0.3) is 10.6 Å². The molecule has 0 aliphatic rings. The lowest BCUT2D eigenvalue weighted by Gasteiger charge is -1.97. The van der Waals surface area contributed by atoms with Crippen molar-refractivity contribution in [1.82, 2.24) is 15.3 Å². The lowest BCUT2D eigenvalue weighted by atomic mass is 10.3. The van der Waals surface area contributed by atoms with Gasteiger partial charge in [-0.1, -0.05) is 0 Å². The summed E-state index contributed by atoms with van der Waals surface area (Å²) >= 11 is 1.56. The number of aromatic nitrogens is 2. The van der Waals surface area contributed by atoms with Crippen LogP contribution in [0.15, 0.2) is 29.9 Å². The van der Waals surface area contributed by atoms with Gasteiger partial charge >= 0.3 is 0 Å². The Kier molecular flexibility index (Phi) is 3.26. The van der Waals surface area contributed by atoms with Gasteiger partial charge in [-0.25, -0.2) is 4.98 Å². The molecule has 2 aromatic rings. The minimum absolute atomic E-state index is 0.0431. The number of hydrogen-bond donors (Lipinski definition) is 1. The lowest BCUT2D eigenvalue weighted by Crippen LogP contribution is -2.18. The molecule has 0 saturated heterocycles. The van der Waals surface area contributed by atoms with Gasteiger partial charge in [0.25, 0.3) is 0 Å². The normalized spacial score (nSPS) is 10.1. The second kappa shape index (κ2) is 4.85. The van der Waals surface area contributed by atoms with Crippen molar-refractivity contribution in [2.75, 3.05) is 0 Å². The summed E-state index contributed by atoms with van der Waals surface area (Å²) < 4.78 is 0. The number of pyridine rings is 1. The Morgan fingerprint density at radius 1 is 1.44 bits per heavy atom. The van der Waals surface area contributed by atoms with E-state index in [0.717, 1.165) is 16.3 Å². The summed E-state index contributed by atoms with van der Waals surface area (Å²) in [4.78, 5) is 19.1. The van der Waals surface area contributed by atoms with Crippen LogP contribution in [-0.4, -0.2) is 15.9 Å². The molecule has 82 valence electrons. The smallest absolute Gasteiger partial charge is 0.217 e. The maximum absolute atomic E-state index is 10.8. The first-order valence-electron chi connectivity index (χ1n) is 4.85. The molecule has 0 unspecified atom stereocenters. The minimum atomic E-state index is -0.0431. The van der Waals surface area contributed by atoms with Gasteiger partial charge in [0.15, 0.2) is 0 Å². The molecule has 0 radical (unpaired) electrons.